The summed E-state index contributed by atoms with van der Waals surface area (Å²) in [5.41, 5.74) is 0.0624. The Morgan fingerprint density at radius 2 is 2.06 bits per heavy atom. The molecule has 100 valence electrons. The molecule has 1 nitrogen and oxygen atoms in total. The van der Waals surface area contributed by atoms with Gasteiger partial charge in [0.15, 0.2) is 0 Å². The monoisotopic (exact) mass is 257 g/mol. The van der Waals surface area contributed by atoms with E-state index >= 15 is 0 Å². The standard InChI is InChI=1S/C14H18F3N/c1-3-4-5-9-18-11(2)12-7-6-8-13(10-12)14(15,16)17/h3-4,6-8,10-11,18H,5,9H2,1-2H3/b4-3+. The molecule has 1 rings (SSSR count). The first-order chi connectivity index (χ1) is 8.45. The topological polar surface area (TPSA) is 12.0 Å². The van der Waals surface area contributed by atoms with Gasteiger partial charge in [0.05, 0.1) is 5.56 Å². The molecule has 0 aliphatic rings. The zero-order valence-electron chi connectivity index (χ0n) is 10.6. The fourth-order valence-corrected chi connectivity index (χ4v) is 1.65. The molecule has 1 aromatic rings. The van der Waals surface area contributed by atoms with Crippen molar-refractivity contribution < 1.29 is 13.2 Å². The van der Waals surface area contributed by atoms with Gasteiger partial charge >= 0.3 is 6.18 Å². The lowest BCUT2D eigenvalue weighted by molar-refractivity contribution is -0.137. The summed E-state index contributed by atoms with van der Waals surface area (Å²) in [7, 11) is 0. The number of nitrogens with one attached hydrogen (secondary N) is 1. The molecule has 1 N–H and O–H groups in total. The summed E-state index contributed by atoms with van der Waals surface area (Å²) in [4.78, 5) is 0. The zero-order chi connectivity index (χ0) is 13.6. The van der Waals surface area contributed by atoms with Crippen LogP contribution < -0.4 is 5.32 Å². The van der Waals surface area contributed by atoms with Crippen molar-refractivity contribution in [2.24, 2.45) is 0 Å². The van der Waals surface area contributed by atoms with Crippen LogP contribution >= 0.6 is 0 Å². The van der Waals surface area contributed by atoms with Crippen LogP contribution in [0.3, 0.4) is 0 Å². The first kappa shape index (κ1) is 14.8. The predicted octanol–water partition coefficient (Wildman–Crippen LogP) is 4.32. The van der Waals surface area contributed by atoms with Gasteiger partial charge in [0, 0.05) is 6.04 Å². The Bertz CT molecular complexity index is 396. The number of rotatable bonds is 5. The molecule has 1 aromatic carbocycles. The summed E-state index contributed by atoms with van der Waals surface area (Å²) in [6.07, 6.45) is 0.572. The van der Waals surface area contributed by atoms with Crippen LogP contribution in [0.1, 0.15) is 37.4 Å². The van der Waals surface area contributed by atoms with Crippen LogP contribution in [0.5, 0.6) is 0 Å². The molecule has 0 saturated carbocycles. The van der Waals surface area contributed by atoms with Crippen LogP contribution in [0.2, 0.25) is 0 Å². The second kappa shape index (κ2) is 6.59. The highest BCUT2D eigenvalue weighted by atomic mass is 19.4. The molecule has 4 heteroatoms. The van der Waals surface area contributed by atoms with Gasteiger partial charge in [-0.05, 0) is 44.5 Å². The van der Waals surface area contributed by atoms with Gasteiger partial charge in [-0.25, -0.2) is 0 Å². The van der Waals surface area contributed by atoms with Gasteiger partial charge in [0.25, 0.3) is 0 Å². The Kier molecular flexibility index (Phi) is 5.41. The summed E-state index contributed by atoms with van der Waals surface area (Å²) in [5.74, 6) is 0. The average molecular weight is 257 g/mol. The van der Waals surface area contributed by atoms with Crippen LogP contribution in [0, 0.1) is 0 Å². The van der Waals surface area contributed by atoms with Gasteiger partial charge in [-0.3, -0.25) is 0 Å². The van der Waals surface area contributed by atoms with Crippen molar-refractivity contribution >= 4 is 0 Å². The van der Waals surface area contributed by atoms with Gasteiger partial charge in [-0.1, -0.05) is 24.3 Å². The molecule has 0 fully saturated rings. The van der Waals surface area contributed by atoms with Crippen molar-refractivity contribution in [3.8, 4) is 0 Å². The molecule has 0 saturated heterocycles. The van der Waals surface area contributed by atoms with E-state index in [2.05, 4.69) is 5.32 Å². The predicted molar refractivity (Wildman–Crippen MR) is 67.3 cm³/mol. The van der Waals surface area contributed by atoms with E-state index in [1.165, 1.54) is 12.1 Å². The van der Waals surface area contributed by atoms with Crippen LogP contribution in [-0.4, -0.2) is 6.54 Å². The summed E-state index contributed by atoms with van der Waals surface area (Å²) in [6.45, 7) is 4.56. The molecule has 1 unspecified atom stereocenters. The Hall–Kier alpha value is -1.29. The van der Waals surface area contributed by atoms with E-state index in [9.17, 15) is 13.2 Å². The third kappa shape index (κ3) is 4.53. The average Bonchev–Trinajstić information content (AvgIpc) is 2.33. The fraction of sp³-hybridized carbons (Fsp3) is 0.429. The third-order valence-electron chi connectivity index (χ3n) is 2.71. The fourth-order valence-electron chi connectivity index (χ4n) is 1.65. The number of benzene rings is 1. The number of hydrogen-bond acceptors (Lipinski definition) is 1. The summed E-state index contributed by atoms with van der Waals surface area (Å²) >= 11 is 0. The number of alkyl halides is 3. The lowest BCUT2D eigenvalue weighted by Crippen LogP contribution is -2.20. The molecule has 0 radical (unpaired) electrons. The lowest BCUT2D eigenvalue weighted by atomic mass is 10.0. The van der Waals surface area contributed by atoms with E-state index in [4.69, 9.17) is 0 Å². The number of allylic oxidation sites excluding steroid dienone is 1. The third-order valence-corrected chi connectivity index (χ3v) is 2.71. The molecule has 0 bridgehead atoms. The van der Waals surface area contributed by atoms with Gasteiger partial charge in [0.1, 0.15) is 0 Å². The van der Waals surface area contributed by atoms with Gasteiger partial charge in [-0.15, -0.1) is 0 Å². The Morgan fingerprint density at radius 1 is 1.33 bits per heavy atom. The first-order valence-electron chi connectivity index (χ1n) is 5.97. The van der Waals surface area contributed by atoms with Crippen LogP contribution in [-0.2, 0) is 6.18 Å². The Morgan fingerprint density at radius 3 is 2.67 bits per heavy atom. The zero-order valence-corrected chi connectivity index (χ0v) is 10.6. The smallest absolute Gasteiger partial charge is 0.310 e. The highest BCUT2D eigenvalue weighted by molar-refractivity contribution is 5.27. The van der Waals surface area contributed by atoms with Gasteiger partial charge < -0.3 is 5.32 Å². The largest absolute Gasteiger partial charge is 0.416 e. The maximum Gasteiger partial charge on any atom is 0.416 e. The van der Waals surface area contributed by atoms with Crippen molar-refractivity contribution in [1.29, 1.82) is 0 Å². The maximum absolute atomic E-state index is 12.6. The molecule has 18 heavy (non-hydrogen) atoms. The van der Waals surface area contributed by atoms with E-state index in [1.807, 2.05) is 26.0 Å². The van der Waals surface area contributed by atoms with E-state index < -0.39 is 11.7 Å². The van der Waals surface area contributed by atoms with Crippen LogP contribution in [0.25, 0.3) is 0 Å². The highest BCUT2D eigenvalue weighted by Gasteiger charge is 2.30. The molecule has 0 amide bonds. The first-order valence-corrected chi connectivity index (χ1v) is 5.97. The second-order valence-electron chi connectivity index (χ2n) is 4.16. The van der Waals surface area contributed by atoms with E-state index in [1.54, 1.807) is 6.07 Å². The minimum absolute atomic E-state index is 0.0856. The molecular formula is C14H18F3N. The van der Waals surface area contributed by atoms with E-state index in [-0.39, 0.29) is 6.04 Å². The molecule has 0 aliphatic carbocycles. The summed E-state index contributed by atoms with van der Waals surface area (Å²) in [5, 5.41) is 3.19. The van der Waals surface area contributed by atoms with Crippen LogP contribution in [0.15, 0.2) is 36.4 Å². The molecule has 0 heterocycles. The van der Waals surface area contributed by atoms with Crippen molar-refractivity contribution in [3.05, 3.63) is 47.5 Å². The van der Waals surface area contributed by atoms with Gasteiger partial charge in [-0.2, -0.15) is 13.2 Å². The minimum Gasteiger partial charge on any atom is -0.310 e. The molecule has 1 atom stereocenters. The second-order valence-corrected chi connectivity index (χ2v) is 4.16. The van der Waals surface area contributed by atoms with Crippen LogP contribution in [0.4, 0.5) is 13.2 Å². The Labute approximate surface area is 106 Å². The number of hydrogen-bond donors (Lipinski definition) is 1. The van der Waals surface area contributed by atoms with E-state index in [0.717, 1.165) is 19.0 Å². The van der Waals surface area contributed by atoms with Crippen molar-refractivity contribution in [2.45, 2.75) is 32.5 Å². The van der Waals surface area contributed by atoms with Crippen molar-refractivity contribution in [2.75, 3.05) is 6.54 Å². The van der Waals surface area contributed by atoms with Crippen molar-refractivity contribution in [1.82, 2.24) is 5.32 Å². The minimum atomic E-state index is -4.28. The van der Waals surface area contributed by atoms with Crippen molar-refractivity contribution in [3.63, 3.8) is 0 Å². The Balaban J connectivity index is 2.65. The quantitative estimate of drug-likeness (QED) is 0.611. The molecular weight excluding hydrogens is 239 g/mol. The SMILES string of the molecule is C/C=C/CCNC(C)c1cccc(C(F)(F)F)c1. The maximum atomic E-state index is 12.6. The van der Waals surface area contributed by atoms with E-state index in [0.29, 0.717) is 5.56 Å². The highest BCUT2D eigenvalue weighted by Crippen LogP contribution is 2.30. The lowest BCUT2D eigenvalue weighted by Gasteiger charge is -2.15. The summed E-state index contributed by atoms with van der Waals surface area (Å²) < 4.78 is 37.7. The summed E-state index contributed by atoms with van der Waals surface area (Å²) in [6, 6.07) is 5.37. The number of halogens is 3. The molecule has 0 aliphatic heterocycles. The molecule has 0 aromatic heterocycles. The van der Waals surface area contributed by atoms with Gasteiger partial charge in [0.2, 0.25) is 0 Å². The molecule has 0 spiro atoms. The normalized spacial score (nSPS) is 14.1.